The van der Waals surface area contributed by atoms with Crippen molar-refractivity contribution in [2.75, 3.05) is 40.9 Å². The molecule has 0 heterocycles. The predicted octanol–water partition coefficient (Wildman–Crippen LogP) is 25.2. The summed E-state index contributed by atoms with van der Waals surface area (Å²) in [6.45, 7) is 4.58. The lowest BCUT2D eigenvalue weighted by atomic mass is 10.0. The highest BCUT2D eigenvalue weighted by Gasteiger charge is 2.23. The number of quaternary nitrogens is 1. The van der Waals surface area contributed by atoms with Crippen LogP contribution in [0.25, 0.3) is 0 Å². The molecule has 3 atom stereocenters. The van der Waals surface area contributed by atoms with E-state index in [1.165, 1.54) is 250 Å². The Morgan fingerprint density at radius 3 is 0.967 bits per heavy atom. The summed E-state index contributed by atoms with van der Waals surface area (Å²) in [7, 11) is 1.27. The fraction of sp³-hybridized carbons (Fsp3) is 0.771. The zero-order chi connectivity index (χ0) is 66.9. The van der Waals surface area contributed by atoms with Gasteiger partial charge in [0.2, 0.25) is 5.91 Å². The van der Waals surface area contributed by atoms with Gasteiger partial charge in [0.15, 0.2) is 0 Å². The third-order valence-electron chi connectivity index (χ3n) is 17.5. The van der Waals surface area contributed by atoms with Crippen molar-refractivity contribution in [3.8, 4) is 0 Å². The quantitative estimate of drug-likeness (QED) is 0.0272. The van der Waals surface area contributed by atoms with Gasteiger partial charge in [-0.15, -0.1) is 0 Å². The van der Waals surface area contributed by atoms with E-state index >= 15 is 0 Å². The maximum Gasteiger partial charge on any atom is 0.268 e. The number of nitrogens with one attached hydrogen (secondary N) is 1. The summed E-state index contributed by atoms with van der Waals surface area (Å²) in [4.78, 5) is 25.7. The first-order valence-corrected chi connectivity index (χ1v) is 40.7. The van der Waals surface area contributed by atoms with Gasteiger partial charge in [0.1, 0.15) is 13.2 Å². The molecule has 0 fully saturated rings. The molecule has 2 N–H and O–H groups in total. The van der Waals surface area contributed by atoms with Crippen LogP contribution in [0.2, 0.25) is 0 Å². The average Bonchev–Trinajstić information content (AvgIpc) is 2.63. The van der Waals surface area contributed by atoms with E-state index in [1.54, 1.807) is 6.08 Å². The van der Waals surface area contributed by atoms with Crippen molar-refractivity contribution in [1.29, 1.82) is 0 Å². The summed E-state index contributed by atoms with van der Waals surface area (Å²) < 4.78 is 23.5. The lowest BCUT2D eigenvalue weighted by molar-refractivity contribution is -0.870. The van der Waals surface area contributed by atoms with Crippen molar-refractivity contribution in [2.45, 2.75) is 373 Å². The second-order valence-electron chi connectivity index (χ2n) is 27.7. The van der Waals surface area contributed by atoms with Crippen LogP contribution in [0.1, 0.15) is 361 Å². The van der Waals surface area contributed by atoms with Crippen LogP contribution in [0, 0.1) is 0 Å². The highest BCUT2D eigenvalue weighted by atomic mass is 31.2. The number of phosphoric ester groups is 1. The van der Waals surface area contributed by atoms with Crippen LogP contribution >= 0.6 is 7.82 Å². The number of rotatable bonds is 72. The zero-order valence-electron chi connectivity index (χ0n) is 61.2. The molecule has 0 saturated heterocycles. The third kappa shape index (κ3) is 74.6. The summed E-state index contributed by atoms with van der Waals surface area (Å²) >= 11 is 0. The topological polar surface area (TPSA) is 108 Å². The van der Waals surface area contributed by atoms with Crippen LogP contribution in [0.3, 0.4) is 0 Å². The van der Waals surface area contributed by atoms with Crippen LogP contribution < -0.4 is 10.2 Å². The Morgan fingerprint density at radius 2 is 0.663 bits per heavy atom. The van der Waals surface area contributed by atoms with Gasteiger partial charge in [-0.05, 0) is 83.5 Å². The molecule has 0 aliphatic heterocycles. The molecule has 0 radical (unpaired) electrons. The van der Waals surface area contributed by atoms with Gasteiger partial charge in [-0.1, -0.05) is 380 Å². The molecular weight excluding hydrogens is 1150 g/mol. The predicted molar refractivity (Wildman–Crippen MR) is 403 cm³/mol. The molecule has 0 spiro atoms. The van der Waals surface area contributed by atoms with E-state index in [4.69, 9.17) is 9.05 Å². The molecule has 8 nitrogen and oxygen atoms in total. The molecule has 0 aliphatic carbocycles. The Balaban J connectivity index is 4.01. The molecule has 0 aromatic carbocycles. The first-order valence-electron chi connectivity index (χ1n) is 39.2. The van der Waals surface area contributed by atoms with Crippen molar-refractivity contribution < 1.29 is 32.9 Å². The largest absolute Gasteiger partial charge is 0.756 e. The number of carbonyl (C=O) groups is 1. The fourth-order valence-electron chi connectivity index (χ4n) is 11.5. The molecular formula is C83H151N2O6P. The summed E-state index contributed by atoms with van der Waals surface area (Å²) in [5.74, 6) is -0.195. The summed E-state index contributed by atoms with van der Waals surface area (Å²) in [5, 5.41) is 14.0. The number of nitrogens with zero attached hydrogens (tertiary/aromatic N) is 1. The van der Waals surface area contributed by atoms with Gasteiger partial charge in [0.05, 0.1) is 39.9 Å². The van der Waals surface area contributed by atoms with E-state index in [0.717, 1.165) is 89.9 Å². The monoisotopic (exact) mass is 1300 g/mol. The molecule has 0 aliphatic rings. The molecule has 0 aromatic heterocycles. The first kappa shape index (κ1) is 89.2. The molecule has 1 amide bonds. The second-order valence-corrected chi connectivity index (χ2v) is 29.1. The lowest BCUT2D eigenvalue weighted by Gasteiger charge is -2.29. The van der Waals surface area contributed by atoms with Gasteiger partial charge in [0, 0.05) is 6.42 Å². The first-order chi connectivity index (χ1) is 45.0. The average molecular weight is 1300 g/mol. The minimum atomic E-state index is -4.61. The smallest absolute Gasteiger partial charge is 0.268 e. The van der Waals surface area contributed by atoms with E-state index in [2.05, 4.69) is 116 Å². The van der Waals surface area contributed by atoms with Gasteiger partial charge in [-0.25, -0.2) is 0 Å². The molecule has 9 heteroatoms. The van der Waals surface area contributed by atoms with Crippen LogP contribution in [0.15, 0.2) is 109 Å². The highest BCUT2D eigenvalue weighted by Crippen LogP contribution is 2.38. The number of hydrogen-bond acceptors (Lipinski definition) is 6. The Hall–Kier alpha value is -2.84. The van der Waals surface area contributed by atoms with E-state index in [1.807, 2.05) is 27.2 Å². The fourth-order valence-corrected chi connectivity index (χ4v) is 12.2. The Labute approximate surface area is 572 Å². The van der Waals surface area contributed by atoms with Crippen molar-refractivity contribution in [3.05, 3.63) is 109 Å². The van der Waals surface area contributed by atoms with Crippen molar-refractivity contribution >= 4 is 13.7 Å². The van der Waals surface area contributed by atoms with Crippen molar-refractivity contribution in [3.63, 3.8) is 0 Å². The number of phosphoric acid groups is 1. The van der Waals surface area contributed by atoms with Gasteiger partial charge in [-0.3, -0.25) is 9.36 Å². The number of likely N-dealkylation sites (N-methyl/N-ethyl adjacent to an activating group) is 1. The van der Waals surface area contributed by atoms with Gasteiger partial charge < -0.3 is 28.8 Å². The number of aliphatic hydroxyl groups excluding tert-OH is 1. The lowest BCUT2D eigenvalue weighted by Crippen LogP contribution is -2.45. The van der Waals surface area contributed by atoms with Gasteiger partial charge in [0.25, 0.3) is 7.82 Å². The van der Waals surface area contributed by atoms with E-state index in [-0.39, 0.29) is 19.1 Å². The van der Waals surface area contributed by atoms with Gasteiger partial charge >= 0.3 is 0 Å². The van der Waals surface area contributed by atoms with Crippen molar-refractivity contribution in [1.82, 2.24) is 5.32 Å². The summed E-state index contributed by atoms with van der Waals surface area (Å²) in [6, 6.07) is -0.893. The molecule has 534 valence electrons. The van der Waals surface area contributed by atoms with Crippen LogP contribution in [0.4, 0.5) is 0 Å². The van der Waals surface area contributed by atoms with E-state index in [9.17, 15) is 19.4 Å². The molecule has 0 bridgehead atoms. The minimum absolute atomic E-state index is 0.00295. The van der Waals surface area contributed by atoms with E-state index < -0.39 is 20.0 Å². The molecule has 0 rings (SSSR count). The van der Waals surface area contributed by atoms with Crippen LogP contribution in [-0.2, 0) is 18.4 Å². The number of hydrogen-bond donors (Lipinski definition) is 2. The Morgan fingerprint density at radius 1 is 0.391 bits per heavy atom. The maximum atomic E-state index is 13.1. The number of carbonyl (C=O) groups excluding carboxylic acids is 1. The normalized spacial score (nSPS) is 14.1. The number of allylic oxidation sites excluding steroid dienone is 17. The number of aliphatic hydroxyl groups is 1. The maximum absolute atomic E-state index is 13.1. The number of unbranched alkanes of at least 4 members (excludes halogenated alkanes) is 43. The minimum Gasteiger partial charge on any atom is -0.756 e. The molecule has 0 saturated carbocycles. The zero-order valence-corrected chi connectivity index (χ0v) is 62.1. The van der Waals surface area contributed by atoms with E-state index in [0.29, 0.717) is 17.4 Å². The summed E-state index contributed by atoms with van der Waals surface area (Å²) in [5.41, 5.74) is 0. The molecule has 92 heavy (non-hydrogen) atoms. The summed E-state index contributed by atoms with van der Waals surface area (Å²) in [6.07, 6.45) is 107. The SMILES string of the molecule is CC/C=C\C/C=C\C/C=C\C/C=C\C/C=C\C/C=C\C/C=C\C/C=C\CCCCCCCCCCCCCCCCCCC(=O)NC(COP(=O)([O-])OCC[N+](C)(C)C)C(O)/C=C/CCCCCCCCCCCCCCCCCCCCCCCCCCCCC. The standard InChI is InChI=1S/C83H151N2O6P/c1-6-8-10-12-14-16-18-20-22-24-26-28-30-32-34-36-37-38-39-40-41-42-43-44-45-46-47-49-51-53-55-57-59-61-63-65-67-69-71-73-75-77-83(87)84-81(80-91-92(88,89)90-79-78-85(3,4)5)82(86)76-74-72-70-68-66-64-62-60-58-56-54-52-50-48-35-33-31-29-27-25-23-21-19-17-15-13-11-9-7-2/h8,10,14,16,20,22,26,28,32,34,37-38,40-41,43-44,74,76,81-82,86H,6-7,9,11-13,15,17-19,21,23-25,27,29-31,33,35-36,39,42,45-73,75,77-80H2,1-5H3,(H-,84,87,88,89)/b10-8-,16-14-,22-20-,28-26-,34-32-,38-37-,41-40-,44-43-,76-74+. The Kier molecular flexibility index (Phi) is 70.2. The Bertz CT molecular complexity index is 1870. The highest BCUT2D eigenvalue weighted by molar-refractivity contribution is 7.45. The van der Waals surface area contributed by atoms with Crippen molar-refractivity contribution in [2.24, 2.45) is 0 Å². The number of amides is 1. The van der Waals surface area contributed by atoms with Crippen LogP contribution in [-0.4, -0.2) is 68.5 Å². The molecule has 0 aromatic rings. The second kappa shape index (κ2) is 72.4. The third-order valence-corrected chi connectivity index (χ3v) is 18.5. The van der Waals surface area contributed by atoms with Crippen LogP contribution in [0.5, 0.6) is 0 Å². The molecule has 3 unspecified atom stereocenters. The van der Waals surface area contributed by atoms with Gasteiger partial charge in [-0.2, -0.15) is 0 Å².